The van der Waals surface area contributed by atoms with E-state index < -0.39 is 0 Å². The molecule has 1 aromatic carbocycles. The van der Waals surface area contributed by atoms with E-state index in [1.54, 1.807) is 0 Å². The molecule has 0 aliphatic carbocycles. The fourth-order valence-electron chi connectivity index (χ4n) is 3.16. The first-order valence-electron chi connectivity index (χ1n) is 8.34. The van der Waals surface area contributed by atoms with Crippen LogP contribution in [0.15, 0.2) is 24.3 Å². The summed E-state index contributed by atoms with van der Waals surface area (Å²) in [4.78, 5) is 26.1. The highest BCUT2D eigenvalue weighted by atomic mass is 35.5. The lowest BCUT2D eigenvalue weighted by molar-refractivity contribution is -0.135. The minimum Gasteiger partial charge on any atom is -0.349 e. The molecule has 0 spiro atoms. The summed E-state index contributed by atoms with van der Waals surface area (Å²) in [5.41, 5.74) is 7.92. The van der Waals surface area contributed by atoms with E-state index in [2.05, 4.69) is 5.32 Å². The zero-order valence-electron chi connectivity index (χ0n) is 14.5. The van der Waals surface area contributed by atoms with Crippen LogP contribution in [-0.4, -0.2) is 35.8 Å². The molecule has 1 fully saturated rings. The molecule has 1 saturated heterocycles. The predicted octanol–water partition coefficient (Wildman–Crippen LogP) is 2.32. The third-order valence-corrected chi connectivity index (χ3v) is 4.46. The second-order valence-electron chi connectivity index (χ2n) is 6.34. The van der Waals surface area contributed by atoms with Crippen LogP contribution in [-0.2, 0) is 9.59 Å². The number of nitrogens with zero attached hydrogens (tertiary/aromatic N) is 1. The fraction of sp³-hybridized carbons (Fsp3) is 0.556. The molecule has 1 aliphatic heterocycles. The van der Waals surface area contributed by atoms with E-state index in [-0.39, 0.29) is 42.7 Å². The molecule has 24 heavy (non-hydrogen) atoms. The van der Waals surface area contributed by atoms with Gasteiger partial charge in [-0.05, 0) is 31.7 Å². The molecule has 5 nitrogen and oxygen atoms in total. The van der Waals surface area contributed by atoms with Gasteiger partial charge in [0.25, 0.3) is 0 Å². The van der Waals surface area contributed by atoms with Crippen LogP contribution in [0.5, 0.6) is 0 Å². The van der Waals surface area contributed by atoms with Gasteiger partial charge in [0.15, 0.2) is 0 Å². The number of rotatable bonds is 5. The summed E-state index contributed by atoms with van der Waals surface area (Å²) >= 11 is 0. The fourth-order valence-corrected chi connectivity index (χ4v) is 3.16. The maximum Gasteiger partial charge on any atom is 0.225 e. The van der Waals surface area contributed by atoms with Crippen LogP contribution < -0.4 is 11.1 Å². The van der Waals surface area contributed by atoms with Gasteiger partial charge in [0.05, 0.1) is 12.5 Å². The summed E-state index contributed by atoms with van der Waals surface area (Å²) in [5.74, 6) is -0.0585. The first-order valence-corrected chi connectivity index (χ1v) is 8.34. The van der Waals surface area contributed by atoms with Gasteiger partial charge in [-0.15, -0.1) is 12.4 Å². The Kier molecular flexibility index (Phi) is 8.22. The van der Waals surface area contributed by atoms with Gasteiger partial charge in [0.1, 0.15) is 0 Å². The molecular formula is C18H28ClN3O2. The normalized spacial score (nSPS) is 18.5. The molecule has 2 rings (SSSR count). The molecule has 2 atom stereocenters. The predicted molar refractivity (Wildman–Crippen MR) is 98.0 cm³/mol. The molecule has 1 aromatic rings. The molecule has 0 radical (unpaired) electrons. The van der Waals surface area contributed by atoms with Gasteiger partial charge in [-0.25, -0.2) is 0 Å². The molecule has 2 unspecified atom stereocenters. The molecule has 2 amide bonds. The van der Waals surface area contributed by atoms with Gasteiger partial charge in [0.2, 0.25) is 11.8 Å². The minimum absolute atomic E-state index is 0. The van der Waals surface area contributed by atoms with E-state index in [0.29, 0.717) is 6.54 Å². The Morgan fingerprint density at radius 1 is 1.29 bits per heavy atom. The molecule has 6 heteroatoms. The summed E-state index contributed by atoms with van der Waals surface area (Å²) in [5, 5.41) is 2.90. The highest BCUT2D eigenvalue weighted by Gasteiger charge is 2.28. The Hall–Kier alpha value is -1.59. The summed E-state index contributed by atoms with van der Waals surface area (Å²) in [6.45, 7) is 4.76. The standard InChI is InChI=1S/C18H27N3O2.ClH/c1-13-6-8-15(9-7-13)17(20-14(2)22)11-18(23)21-10-4-3-5-16(21)12-19;/h6-9,16-17H,3-5,10-12,19H2,1-2H3,(H,20,22);1H. The molecule has 1 aliphatic rings. The number of nitrogens with two attached hydrogens (primary N) is 1. The van der Waals surface area contributed by atoms with E-state index in [1.807, 2.05) is 36.1 Å². The van der Waals surface area contributed by atoms with Gasteiger partial charge < -0.3 is 16.0 Å². The van der Waals surface area contributed by atoms with Crippen molar-refractivity contribution < 1.29 is 9.59 Å². The van der Waals surface area contributed by atoms with Crippen LogP contribution in [0.25, 0.3) is 0 Å². The Morgan fingerprint density at radius 3 is 2.54 bits per heavy atom. The third-order valence-electron chi connectivity index (χ3n) is 4.46. The molecule has 0 aromatic heterocycles. The Balaban J connectivity index is 0.00000288. The lowest BCUT2D eigenvalue weighted by atomic mass is 9.98. The van der Waals surface area contributed by atoms with E-state index >= 15 is 0 Å². The lowest BCUT2D eigenvalue weighted by Crippen LogP contribution is -2.48. The Labute approximate surface area is 150 Å². The molecule has 134 valence electrons. The number of hydrogen-bond donors (Lipinski definition) is 2. The van der Waals surface area contributed by atoms with Gasteiger partial charge in [-0.2, -0.15) is 0 Å². The van der Waals surface area contributed by atoms with Crippen LogP contribution >= 0.6 is 12.4 Å². The van der Waals surface area contributed by atoms with Crippen molar-refractivity contribution in [1.29, 1.82) is 0 Å². The first kappa shape index (κ1) is 20.5. The number of benzene rings is 1. The monoisotopic (exact) mass is 353 g/mol. The van der Waals surface area contributed by atoms with Crippen LogP contribution in [0.4, 0.5) is 0 Å². The summed E-state index contributed by atoms with van der Waals surface area (Å²) in [6.07, 6.45) is 3.40. The molecular weight excluding hydrogens is 326 g/mol. The van der Waals surface area contributed by atoms with Crippen molar-refractivity contribution in [2.24, 2.45) is 5.73 Å². The highest BCUT2D eigenvalue weighted by Crippen LogP contribution is 2.22. The van der Waals surface area contributed by atoms with E-state index in [0.717, 1.165) is 36.9 Å². The number of piperidine rings is 1. The molecule has 1 heterocycles. The maximum atomic E-state index is 12.7. The smallest absolute Gasteiger partial charge is 0.225 e. The van der Waals surface area contributed by atoms with Crippen molar-refractivity contribution in [2.45, 2.75) is 51.6 Å². The average molecular weight is 354 g/mol. The number of hydrogen-bond acceptors (Lipinski definition) is 3. The average Bonchev–Trinajstić information content (AvgIpc) is 2.54. The van der Waals surface area contributed by atoms with E-state index in [1.165, 1.54) is 6.92 Å². The number of aryl methyl sites for hydroxylation is 1. The number of nitrogens with one attached hydrogen (secondary N) is 1. The van der Waals surface area contributed by atoms with E-state index in [4.69, 9.17) is 5.73 Å². The zero-order valence-corrected chi connectivity index (χ0v) is 15.3. The SMILES string of the molecule is CC(=O)NC(CC(=O)N1CCCCC1CN)c1ccc(C)cc1.Cl. The molecule has 3 N–H and O–H groups in total. The minimum atomic E-state index is -0.291. The summed E-state index contributed by atoms with van der Waals surface area (Å²) < 4.78 is 0. The number of carbonyl (C=O) groups excluding carboxylic acids is 2. The molecule has 0 saturated carbocycles. The first-order chi connectivity index (χ1) is 11.0. The van der Waals surface area contributed by atoms with Crippen molar-refractivity contribution in [3.05, 3.63) is 35.4 Å². The van der Waals surface area contributed by atoms with Crippen LogP contribution in [0.2, 0.25) is 0 Å². The second-order valence-corrected chi connectivity index (χ2v) is 6.34. The Bertz CT molecular complexity index is 548. The van der Waals surface area contributed by atoms with Crippen LogP contribution in [0.3, 0.4) is 0 Å². The van der Waals surface area contributed by atoms with Gasteiger partial charge in [-0.1, -0.05) is 29.8 Å². The van der Waals surface area contributed by atoms with Crippen molar-refractivity contribution in [3.63, 3.8) is 0 Å². The topological polar surface area (TPSA) is 75.4 Å². The van der Waals surface area contributed by atoms with Crippen molar-refractivity contribution in [3.8, 4) is 0 Å². The van der Waals surface area contributed by atoms with Gasteiger partial charge >= 0.3 is 0 Å². The zero-order chi connectivity index (χ0) is 16.8. The summed E-state index contributed by atoms with van der Waals surface area (Å²) in [7, 11) is 0. The number of amides is 2. The quantitative estimate of drug-likeness (QED) is 0.853. The van der Waals surface area contributed by atoms with E-state index in [9.17, 15) is 9.59 Å². The number of likely N-dealkylation sites (tertiary alicyclic amines) is 1. The van der Waals surface area contributed by atoms with Crippen molar-refractivity contribution in [1.82, 2.24) is 10.2 Å². The van der Waals surface area contributed by atoms with Crippen molar-refractivity contribution >= 4 is 24.2 Å². The third kappa shape index (κ3) is 5.49. The van der Waals surface area contributed by atoms with Crippen molar-refractivity contribution in [2.75, 3.05) is 13.1 Å². The van der Waals surface area contributed by atoms with Gasteiger partial charge in [0, 0.05) is 26.1 Å². The Morgan fingerprint density at radius 2 is 1.96 bits per heavy atom. The van der Waals surface area contributed by atoms with Gasteiger partial charge in [-0.3, -0.25) is 9.59 Å². The van der Waals surface area contributed by atoms with Crippen LogP contribution in [0, 0.1) is 6.92 Å². The summed E-state index contributed by atoms with van der Waals surface area (Å²) in [6, 6.07) is 7.78. The van der Waals surface area contributed by atoms with Crippen LogP contribution in [0.1, 0.15) is 49.8 Å². The second kappa shape index (κ2) is 9.64. The highest BCUT2D eigenvalue weighted by molar-refractivity contribution is 5.85. The number of carbonyl (C=O) groups is 2. The number of halogens is 1. The maximum absolute atomic E-state index is 12.7. The lowest BCUT2D eigenvalue weighted by Gasteiger charge is -2.36. The largest absolute Gasteiger partial charge is 0.349 e. The molecule has 0 bridgehead atoms.